The van der Waals surface area contributed by atoms with E-state index in [9.17, 15) is 18.0 Å². The minimum absolute atomic E-state index is 0.00979. The molecule has 0 spiro atoms. The molecule has 0 fully saturated rings. The second-order valence-electron chi connectivity index (χ2n) is 9.00. The Morgan fingerprint density at radius 2 is 1.55 bits per heavy atom. The molecule has 0 saturated heterocycles. The zero-order valence-corrected chi connectivity index (χ0v) is 24.1. The van der Waals surface area contributed by atoms with Gasteiger partial charge in [0.15, 0.2) is 0 Å². The first-order valence-corrected chi connectivity index (χ1v) is 14.3. The fourth-order valence-corrected chi connectivity index (χ4v) is 6.06. The van der Waals surface area contributed by atoms with E-state index in [0.717, 1.165) is 21.0 Å². The highest BCUT2D eigenvalue weighted by Crippen LogP contribution is 2.30. The predicted octanol–water partition coefficient (Wildman–Crippen LogP) is 5.36. The van der Waals surface area contributed by atoms with E-state index in [1.807, 2.05) is 38.1 Å². The molecule has 7 nitrogen and oxygen atoms in total. The van der Waals surface area contributed by atoms with Gasteiger partial charge in [0.1, 0.15) is 12.6 Å². The normalized spacial score (nSPS) is 12.1. The van der Waals surface area contributed by atoms with Crippen LogP contribution in [0.3, 0.4) is 0 Å². The molecule has 10 heteroatoms. The van der Waals surface area contributed by atoms with E-state index in [1.165, 1.54) is 42.3 Å². The van der Waals surface area contributed by atoms with Crippen molar-refractivity contribution < 1.29 is 18.0 Å². The number of likely N-dealkylation sites (N-methyl/N-ethyl adjacent to an activating group) is 1. The van der Waals surface area contributed by atoms with E-state index in [1.54, 1.807) is 19.1 Å². The van der Waals surface area contributed by atoms with Gasteiger partial charge in [-0.2, -0.15) is 0 Å². The maximum absolute atomic E-state index is 13.9. The standard InChI is InChI=1S/C28H31Cl2N3O4S/c1-5-26(28(35)31-4)32(17-21-8-6-7-20(3)13-21)27(34)18-33(24-15-22(29)14-23(30)16-24)38(36,37)25-11-9-19(2)10-12-25/h6-16,26H,5,17-18H2,1-4H3,(H,31,35)/t26-/m1/s1. The van der Waals surface area contributed by atoms with Crippen molar-refractivity contribution in [3.8, 4) is 0 Å². The van der Waals surface area contributed by atoms with Crippen molar-refractivity contribution in [2.24, 2.45) is 0 Å². The topological polar surface area (TPSA) is 86.8 Å². The van der Waals surface area contributed by atoms with Gasteiger partial charge in [-0.15, -0.1) is 0 Å². The first-order valence-electron chi connectivity index (χ1n) is 12.1. The fourth-order valence-electron chi connectivity index (χ4n) is 4.14. The second-order valence-corrected chi connectivity index (χ2v) is 11.7. The Morgan fingerprint density at radius 3 is 2.11 bits per heavy atom. The summed E-state index contributed by atoms with van der Waals surface area (Å²) >= 11 is 12.4. The molecular formula is C28H31Cl2N3O4S. The third-order valence-corrected chi connectivity index (χ3v) is 8.32. The first-order chi connectivity index (χ1) is 18.0. The monoisotopic (exact) mass is 575 g/mol. The Hall–Kier alpha value is -3.07. The number of benzene rings is 3. The number of nitrogens with one attached hydrogen (secondary N) is 1. The van der Waals surface area contributed by atoms with Crippen LogP contribution in [0.15, 0.2) is 71.6 Å². The summed E-state index contributed by atoms with van der Waals surface area (Å²) < 4.78 is 28.7. The summed E-state index contributed by atoms with van der Waals surface area (Å²) in [6, 6.07) is 17.5. The maximum atomic E-state index is 13.9. The highest BCUT2D eigenvalue weighted by atomic mass is 35.5. The molecule has 0 radical (unpaired) electrons. The van der Waals surface area contributed by atoms with Crippen molar-refractivity contribution in [3.63, 3.8) is 0 Å². The number of carbonyl (C=O) groups is 2. The van der Waals surface area contributed by atoms with Crippen LogP contribution in [-0.2, 0) is 26.2 Å². The van der Waals surface area contributed by atoms with Gasteiger partial charge in [-0.1, -0.05) is 77.7 Å². The average molecular weight is 577 g/mol. The van der Waals surface area contributed by atoms with Gasteiger partial charge in [0.05, 0.1) is 10.6 Å². The highest BCUT2D eigenvalue weighted by molar-refractivity contribution is 7.92. The minimum Gasteiger partial charge on any atom is -0.357 e. The molecule has 3 rings (SSSR count). The van der Waals surface area contributed by atoms with Crippen LogP contribution in [0.1, 0.15) is 30.0 Å². The van der Waals surface area contributed by atoms with E-state index >= 15 is 0 Å². The Balaban J connectivity index is 2.10. The van der Waals surface area contributed by atoms with Crippen LogP contribution in [0.4, 0.5) is 5.69 Å². The van der Waals surface area contributed by atoms with E-state index in [2.05, 4.69) is 5.32 Å². The number of hydrogen-bond donors (Lipinski definition) is 1. The summed E-state index contributed by atoms with van der Waals surface area (Å²) in [5, 5.41) is 3.05. The van der Waals surface area contributed by atoms with E-state index < -0.39 is 28.5 Å². The largest absolute Gasteiger partial charge is 0.357 e. The Labute approximate surface area is 234 Å². The number of sulfonamides is 1. The molecule has 0 aliphatic heterocycles. The van der Waals surface area contributed by atoms with Gasteiger partial charge in [0.2, 0.25) is 11.8 Å². The van der Waals surface area contributed by atoms with Crippen LogP contribution >= 0.6 is 23.2 Å². The number of hydrogen-bond acceptors (Lipinski definition) is 4. The molecule has 202 valence electrons. The Morgan fingerprint density at radius 1 is 0.921 bits per heavy atom. The van der Waals surface area contributed by atoms with Crippen LogP contribution in [-0.4, -0.2) is 44.8 Å². The second kappa shape index (κ2) is 12.7. The van der Waals surface area contributed by atoms with E-state index in [-0.39, 0.29) is 33.1 Å². The van der Waals surface area contributed by atoms with E-state index in [0.29, 0.717) is 6.42 Å². The molecule has 3 aromatic rings. The van der Waals surface area contributed by atoms with Crippen molar-refractivity contribution in [2.75, 3.05) is 17.9 Å². The number of amides is 2. The number of anilines is 1. The SMILES string of the molecule is CC[C@H](C(=O)NC)N(Cc1cccc(C)c1)C(=O)CN(c1cc(Cl)cc(Cl)c1)S(=O)(=O)c1ccc(C)cc1. The third-order valence-electron chi connectivity index (χ3n) is 6.09. The molecule has 0 aliphatic rings. The predicted molar refractivity (Wildman–Crippen MR) is 152 cm³/mol. The summed E-state index contributed by atoms with van der Waals surface area (Å²) in [5.41, 5.74) is 2.84. The van der Waals surface area contributed by atoms with Gasteiger partial charge in [0.25, 0.3) is 10.0 Å². The molecule has 2 amide bonds. The molecule has 0 bridgehead atoms. The average Bonchev–Trinajstić information content (AvgIpc) is 2.86. The summed E-state index contributed by atoms with van der Waals surface area (Å²) in [5.74, 6) is -0.888. The number of halogens is 2. The van der Waals surface area contributed by atoms with Gasteiger partial charge in [-0.05, 0) is 56.2 Å². The molecule has 3 aromatic carbocycles. The fraction of sp³-hybridized carbons (Fsp3) is 0.286. The summed E-state index contributed by atoms with van der Waals surface area (Å²) in [7, 11) is -2.70. The summed E-state index contributed by atoms with van der Waals surface area (Å²) in [6.07, 6.45) is 0.338. The van der Waals surface area contributed by atoms with Gasteiger partial charge in [-0.3, -0.25) is 13.9 Å². The van der Waals surface area contributed by atoms with Crippen molar-refractivity contribution in [1.29, 1.82) is 0 Å². The van der Waals surface area contributed by atoms with E-state index in [4.69, 9.17) is 23.2 Å². The molecule has 0 aromatic heterocycles. The van der Waals surface area contributed by atoms with Gasteiger partial charge >= 0.3 is 0 Å². The first kappa shape index (κ1) is 29.5. The molecule has 0 aliphatic carbocycles. The summed E-state index contributed by atoms with van der Waals surface area (Å²) in [6.45, 7) is 5.15. The zero-order valence-electron chi connectivity index (χ0n) is 21.7. The van der Waals surface area contributed by atoms with Gasteiger partial charge < -0.3 is 10.2 Å². The number of carbonyl (C=O) groups excluding carboxylic acids is 2. The van der Waals surface area contributed by atoms with Crippen molar-refractivity contribution in [2.45, 2.75) is 44.7 Å². The molecule has 0 unspecified atom stereocenters. The Bertz CT molecular complexity index is 1390. The minimum atomic E-state index is -4.20. The molecular weight excluding hydrogens is 545 g/mol. The van der Waals surface area contributed by atoms with Crippen molar-refractivity contribution in [3.05, 3.63) is 93.5 Å². The summed E-state index contributed by atoms with van der Waals surface area (Å²) in [4.78, 5) is 28.1. The van der Waals surface area contributed by atoms with Crippen molar-refractivity contribution in [1.82, 2.24) is 10.2 Å². The molecule has 0 saturated carbocycles. The maximum Gasteiger partial charge on any atom is 0.264 e. The zero-order chi connectivity index (χ0) is 28.0. The Kier molecular flexibility index (Phi) is 9.82. The number of rotatable bonds is 10. The van der Waals surface area contributed by atoms with Crippen LogP contribution in [0.25, 0.3) is 0 Å². The van der Waals surface area contributed by atoms with Crippen LogP contribution < -0.4 is 9.62 Å². The molecule has 38 heavy (non-hydrogen) atoms. The van der Waals surface area contributed by atoms with Crippen LogP contribution in [0.5, 0.6) is 0 Å². The van der Waals surface area contributed by atoms with Crippen molar-refractivity contribution >= 4 is 50.7 Å². The lowest BCUT2D eigenvalue weighted by molar-refractivity contribution is -0.140. The lowest BCUT2D eigenvalue weighted by Crippen LogP contribution is -2.51. The molecule has 1 atom stereocenters. The molecule has 1 N–H and O–H groups in total. The van der Waals surface area contributed by atoms with Crippen LogP contribution in [0, 0.1) is 13.8 Å². The number of nitrogens with zero attached hydrogens (tertiary/aromatic N) is 2. The lowest BCUT2D eigenvalue weighted by Gasteiger charge is -2.33. The van der Waals surface area contributed by atoms with Gasteiger partial charge in [0, 0.05) is 23.6 Å². The van der Waals surface area contributed by atoms with Crippen LogP contribution in [0.2, 0.25) is 10.0 Å². The number of aryl methyl sites for hydroxylation is 2. The third kappa shape index (κ3) is 7.07. The van der Waals surface area contributed by atoms with Gasteiger partial charge in [-0.25, -0.2) is 8.42 Å². The highest BCUT2D eigenvalue weighted by Gasteiger charge is 2.33. The lowest BCUT2D eigenvalue weighted by atomic mass is 10.1. The molecule has 0 heterocycles. The smallest absolute Gasteiger partial charge is 0.264 e. The quantitative estimate of drug-likeness (QED) is 0.352.